The second kappa shape index (κ2) is 11.7. The van der Waals surface area contributed by atoms with Crippen molar-refractivity contribution in [1.29, 1.82) is 0 Å². The third-order valence-electron chi connectivity index (χ3n) is 7.78. The summed E-state index contributed by atoms with van der Waals surface area (Å²) in [4.78, 5) is 43.4. The molecule has 1 atom stereocenters. The number of halogens is 1. The molecule has 6 nitrogen and oxygen atoms in total. The first-order chi connectivity index (χ1) is 18.4. The molecule has 1 saturated carbocycles. The second-order valence-electron chi connectivity index (χ2n) is 10.4. The molecule has 3 aromatic rings. The SMILES string of the molecule is C[C@@H](C(=O)NC1CCCCC1)N(Cc1cccc(Br)c1)C(=O)CCCN1C(=O)c2cccc3cccc1c23. The lowest BCUT2D eigenvalue weighted by Crippen LogP contribution is -2.50. The zero-order valence-electron chi connectivity index (χ0n) is 21.8. The fraction of sp³-hybridized carbons (Fsp3) is 0.387. The number of carbonyl (C=O) groups excluding carboxylic acids is 3. The van der Waals surface area contributed by atoms with Gasteiger partial charge >= 0.3 is 0 Å². The highest BCUT2D eigenvalue weighted by Crippen LogP contribution is 2.37. The second-order valence-corrected chi connectivity index (χ2v) is 11.3. The highest BCUT2D eigenvalue weighted by Gasteiger charge is 2.31. The van der Waals surface area contributed by atoms with Gasteiger partial charge in [0.15, 0.2) is 0 Å². The maximum absolute atomic E-state index is 13.6. The first-order valence-electron chi connectivity index (χ1n) is 13.6. The van der Waals surface area contributed by atoms with Gasteiger partial charge in [-0.05, 0) is 61.4 Å². The number of hydrogen-bond donors (Lipinski definition) is 1. The summed E-state index contributed by atoms with van der Waals surface area (Å²) in [5.74, 6) is -0.203. The van der Waals surface area contributed by atoms with Crippen molar-refractivity contribution in [2.75, 3.05) is 11.4 Å². The Hall–Kier alpha value is -3.19. The minimum absolute atomic E-state index is 0.0181. The molecule has 3 amide bonds. The van der Waals surface area contributed by atoms with Gasteiger partial charge in [-0.1, -0.05) is 71.6 Å². The lowest BCUT2D eigenvalue weighted by atomic mass is 9.95. The largest absolute Gasteiger partial charge is 0.352 e. The highest BCUT2D eigenvalue weighted by atomic mass is 79.9. The van der Waals surface area contributed by atoms with Crippen LogP contribution in [0.3, 0.4) is 0 Å². The minimum Gasteiger partial charge on any atom is -0.352 e. The van der Waals surface area contributed by atoms with Crippen LogP contribution in [0.5, 0.6) is 0 Å². The van der Waals surface area contributed by atoms with Gasteiger partial charge in [-0.3, -0.25) is 14.4 Å². The number of carbonyl (C=O) groups is 3. The Morgan fingerprint density at radius 2 is 1.79 bits per heavy atom. The molecule has 0 bridgehead atoms. The fourth-order valence-electron chi connectivity index (χ4n) is 5.72. The van der Waals surface area contributed by atoms with Gasteiger partial charge in [0.05, 0.1) is 5.69 Å². The van der Waals surface area contributed by atoms with E-state index in [9.17, 15) is 14.4 Å². The number of hydrogen-bond acceptors (Lipinski definition) is 3. The molecule has 1 aliphatic carbocycles. The highest BCUT2D eigenvalue weighted by molar-refractivity contribution is 9.10. The third kappa shape index (κ3) is 5.63. The molecule has 0 aromatic heterocycles. The van der Waals surface area contributed by atoms with E-state index in [1.165, 1.54) is 6.42 Å². The first-order valence-corrected chi connectivity index (χ1v) is 14.4. The zero-order valence-corrected chi connectivity index (χ0v) is 23.4. The van der Waals surface area contributed by atoms with Crippen LogP contribution in [0.25, 0.3) is 10.8 Å². The van der Waals surface area contributed by atoms with E-state index in [0.717, 1.165) is 52.2 Å². The van der Waals surface area contributed by atoms with Crippen LogP contribution < -0.4 is 10.2 Å². The molecule has 0 spiro atoms. The van der Waals surface area contributed by atoms with E-state index in [2.05, 4.69) is 21.2 Å². The number of nitrogens with zero attached hydrogens (tertiary/aromatic N) is 2. The van der Waals surface area contributed by atoms with Crippen LogP contribution in [0.15, 0.2) is 65.1 Å². The molecule has 0 radical (unpaired) electrons. The molecule has 3 aromatic carbocycles. The minimum atomic E-state index is -0.588. The summed E-state index contributed by atoms with van der Waals surface area (Å²) in [6, 6.07) is 19.2. The average molecular weight is 577 g/mol. The number of benzene rings is 3. The smallest absolute Gasteiger partial charge is 0.258 e. The van der Waals surface area contributed by atoms with Crippen LogP contribution in [0.2, 0.25) is 0 Å². The van der Waals surface area contributed by atoms with Crippen molar-refractivity contribution >= 4 is 50.1 Å². The van der Waals surface area contributed by atoms with Gasteiger partial charge in [-0.25, -0.2) is 0 Å². The van der Waals surface area contributed by atoms with Crippen LogP contribution in [0.1, 0.15) is 67.8 Å². The molecule has 38 heavy (non-hydrogen) atoms. The summed E-state index contributed by atoms with van der Waals surface area (Å²) in [6.07, 6.45) is 6.24. The van der Waals surface area contributed by atoms with Crippen molar-refractivity contribution < 1.29 is 14.4 Å². The Kier molecular flexibility index (Phi) is 8.12. The lowest BCUT2D eigenvalue weighted by Gasteiger charge is -2.31. The van der Waals surface area contributed by atoms with E-state index in [-0.39, 0.29) is 30.2 Å². The van der Waals surface area contributed by atoms with Crippen LogP contribution in [-0.2, 0) is 16.1 Å². The maximum Gasteiger partial charge on any atom is 0.258 e. The molecule has 7 heteroatoms. The standard InChI is InChI=1S/C31H34BrN3O3/c1-21(30(37)33-25-13-3-2-4-14-25)35(20-22-9-5-12-24(32)19-22)28(36)17-8-18-34-27-16-7-11-23-10-6-15-26(29(23)27)31(34)38/h5-7,9-12,15-16,19,21,25H,2-4,8,13-14,17-18,20H2,1H3,(H,33,37)/t21-/m0/s1. The summed E-state index contributed by atoms with van der Waals surface area (Å²) in [6.45, 7) is 2.62. The van der Waals surface area contributed by atoms with Crippen molar-refractivity contribution in [1.82, 2.24) is 10.2 Å². The Morgan fingerprint density at radius 3 is 2.55 bits per heavy atom. The van der Waals surface area contributed by atoms with Gasteiger partial charge in [-0.15, -0.1) is 0 Å². The Morgan fingerprint density at radius 1 is 1.05 bits per heavy atom. The number of anilines is 1. The van der Waals surface area contributed by atoms with Gasteiger partial charge < -0.3 is 15.1 Å². The van der Waals surface area contributed by atoms with Gasteiger partial charge in [0, 0.05) is 41.0 Å². The van der Waals surface area contributed by atoms with E-state index in [1.54, 1.807) is 9.80 Å². The predicted molar refractivity (Wildman–Crippen MR) is 154 cm³/mol. The molecular formula is C31H34BrN3O3. The lowest BCUT2D eigenvalue weighted by molar-refractivity contribution is -0.141. The van der Waals surface area contributed by atoms with E-state index < -0.39 is 6.04 Å². The van der Waals surface area contributed by atoms with E-state index >= 15 is 0 Å². The van der Waals surface area contributed by atoms with Crippen LogP contribution >= 0.6 is 15.9 Å². The molecular weight excluding hydrogens is 542 g/mol. The summed E-state index contributed by atoms with van der Waals surface area (Å²) in [5, 5.41) is 5.21. The van der Waals surface area contributed by atoms with Crippen molar-refractivity contribution in [3.63, 3.8) is 0 Å². The Balaban J connectivity index is 1.27. The molecule has 198 valence electrons. The topological polar surface area (TPSA) is 69.7 Å². The summed E-state index contributed by atoms with van der Waals surface area (Å²) < 4.78 is 0.933. The molecule has 1 heterocycles. The summed E-state index contributed by atoms with van der Waals surface area (Å²) >= 11 is 3.51. The number of amides is 3. The van der Waals surface area contributed by atoms with Crippen molar-refractivity contribution in [3.8, 4) is 0 Å². The monoisotopic (exact) mass is 575 g/mol. The zero-order chi connectivity index (χ0) is 26.6. The van der Waals surface area contributed by atoms with Gasteiger partial charge in [0.1, 0.15) is 6.04 Å². The van der Waals surface area contributed by atoms with Crippen molar-refractivity contribution in [3.05, 3.63) is 76.3 Å². The predicted octanol–water partition coefficient (Wildman–Crippen LogP) is 6.21. The van der Waals surface area contributed by atoms with E-state index in [0.29, 0.717) is 25.1 Å². The average Bonchev–Trinajstić information content (AvgIpc) is 3.20. The van der Waals surface area contributed by atoms with Crippen molar-refractivity contribution in [2.45, 2.75) is 70.5 Å². The molecule has 0 saturated heterocycles. The Labute approximate surface area is 232 Å². The summed E-state index contributed by atoms with van der Waals surface area (Å²) in [5.41, 5.74) is 2.58. The molecule has 0 unspecified atom stereocenters. The summed E-state index contributed by atoms with van der Waals surface area (Å²) in [7, 11) is 0. The van der Waals surface area contributed by atoms with Gasteiger partial charge in [0.25, 0.3) is 5.91 Å². The number of rotatable bonds is 9. The molecule has 2 aliphatic rings. The van der Waals surface area contributed by atoms with Gasteiger partial charge in [-0.2, -0.15) is 0 Å². The fourth-order valence-corrected chi connectivity index (χ4v) is 6.16. The van der Waals surface area contributed by atoms with Crippen molar-refractivity contribution in [2.24, 2.45) is 0 Å². The van der Waals surface area contributed by atoms with Gasteiger partial charge in [0.2, 0.25) is 11.8 Å². The molecule has 1 N–H and O–H groups in total. The number of nitrogens with one attached hydrogen (secondary N) is 1. The first kappa shape index (κ1) is 26.4. The Bertz CT molecular complexity index is 1350. The van der Waals surface area contributed by atoms with E-state index in [4.69, 9.17) is 0 Å². The third-order valence-corrected chi connectivity index (χ3v) is 8.28. The van der Waals surface area contributed by atoms with Crippen LogP contribution in [0.4, 0.5) is 5.69 Å². The molecule has 5 rings (SSSR count). The van der Waals surface area contributed by atoms with Crippen LogP contribution in [-0.4, -0.2) is 41.2 Å². The quantitative estimate of drug-likeness (QED) is 0.330. The molecule has 1 aliphatic heterocycles. The van der Waals surface area contributed by atoms with E-state index in [1.807, 2.05) is 67.6 Å². The normalized spacial score (nSPS) is 16.1. The maximum atomic E-state index is 13.6. The molecule has 1 fully saturated rings. The van der Waals surface area contributed by atoms with Crippen LogP contribution in [0, 0.1) is 0 Å².